The van der Waals surface area contributed by atoms with E-state index in [2.05, 4.69) is 15.7 Å². The Morgan fingerprint density at radius 2 is 1.62 bits per heavy atom. The second-order valence-electron chi connectivity index (χ2n) is 8.15. The van der Waals surface area contributed by atoms with E-state index in [1.54, 1.807) is 0 Å². The SMILES string of the molecule is O=C(O)C1CC(O)CCC1C(=O)NCCCNOCC1CCC(O)CC1COO. The van der Waals surface area contributed by atoms with Crippen LogP contribution in [0.4, 0.5) is 0 Å². The van der Waals surface area contributed by atoms with Gasteiger partial charge in [-0.25, -0.2) is 10.4 Å². The van der Waals surface area contributed by atoms with Gasteiger partial charge in [-0.3, -0.25) is 14.8 Å². The summed E-state index contributed by atoms with van der Waals surface area (Å²) < 4.78 is 0. The van der Waals surface area contributed by atoms with Crippen LogP contribution < -0.4 is 10.8 Å². The van der Waals surface area contributed by atoms with Gasteiger partial charge in [0.1, 0.15) is 0 Å². The average molecular weight is 418 g/mol. The van der Waals surface area contributed by atoms with E-state index < -0.39 is 23.9 Å². The lowest BCUT2D eigenvalue weighted by atomic mass is 9.77. The normalized spacial score (nSPS) is 32.7. The van der Waals surface area contributed by atoms with E-state index in [1.807, 2.05) is 0 Å². The van der Waals surface area contributed by atoms with Crippen molar-refractivity contribution in [3.63, 3.8) is 0 Å². The van der Waals surface area contributed by atoms with Crippen LogP contribution in [-0.2, 0) is 19.3 Å². The van der Waals surface area contributed by atoms with Crippen molar-refractivity contribution >= 4 is 11.9 Å². The third-order valence-electron chi connectivity index (χ3n) is 6.03. The summed E-state index contributed by atoms with van der Waals surface area (Å²) in [5.74, 6) is -2.54. The minimum atomic E-state index is -1.04. The van der Waals surface area contributed by atoms with Gasteiger partial charge in [0.25, 0.3) is 0 Å². The van der Waals surface area contributed by atoms with Crippen LogP contribution in [0.2, 0.25) is 0 Å². The fraction of sp³-hybridized carbons (Fsp3) is 0.895. The van der Waals surface area contributed by atoms with Gasteiger partial charge in [0.2, 0.25) is 5.91 Å². The molecule has 29 heavy (non-hydrogen) atoms. The Morgan fingerprint density at radius 3 is 2.34 bits per heavy atom. The molecule has 2 fully saturated rings. The number of amides is 1. The van der Waals surface area contributed by atoms with Crippen LogP contribution in [0.3, 0.4) is 0 Å². The lowest BCUT2D eigenvalue weighted by molar-refractivity contribution is -0.258. The highest BCUT2D eigenvalue weighted by atomic mass is 17.1. The molecular formula is C19H34N2O8. The Labute approximate surface area is 170 Å². The number of hydrogen-bond acceptors (Lipinski definition) is 8. The number of carboxylic acids is 1. The molecule has 2 aliphatic carbocycles. The molecule has 2 saturated carbocycles. The number of aliphatic hydroxyl groups is 2. The van der Waals surface area contributed by atoms with Crippen molar-refractivity contribution in [2.75, 3.05) is 26.3 Å². The number of aliphatic carboxylic acids is 1. The molecule has 2 aliphatic rings. The molecule has 10 heteroatoms. The highest BCUT2D eigenvalue weighted by Gasteiger charge is 2.38. The van der Waals surface area contributed by atoms with Crippen molar-refractivity contribution in [3.8, 4) is 0 Å². The number of carbonyl (C=O) groups is 2. The van der Waals surface area contributed by atoms with E-state index in [9.17, 15) is 24.9 Å². The molecule has 6 atom stereocenters. The second-order valence-corrected chi connectivity index (χ2v) is 8.15. The first-order chi connectivity index (χ1) is 13.9. The summed E-state index contributed by atoms with van der Waals surface area (Å²) in [7, 11) is 0. The molecule has 0 heterocycles. The summed E-state index contributed by atoms with van der Waals surface area (Å²) in [5.41, 5.74) is 2.85. The fourth-order valence-electron chi connectivity index (χ4n) is 4.30. The van der Waals surface area contributed by atoms with Gasteiger partial charge in [0.05, 0.1) is 37.3 Å². The molecular weight excluding hydrogens is 384 g/mol. The van der Waals surface area contributed by atoms with Gasteiger partial charge >= 0.3 is 5.97 Å². The number of rotatable bonds is 11. The highest BCUT2D eigenvalue weighted by molar-refractivity contribution is 5.84. The van der Waals surface area contributed by atoms with Crippen LogP contribution in [0.5, 0.6) is 0 Å². The summed E-state index contributed by atoms with van der Waals surface area (Å²) in [6.07, 6.45) is 2.61. The van der Waals surface area contributed by atoms with Crippen LogP contribution in [0.15, 0.2) is 0 Å². The van der Waals surface area contributed by atoms with E-state index in [0.29, 0.717) is 51.8 Å². The van der Waals surface area contributed by atoms with E-state index >= 15 is 0 Å². The van der Waals surface area contributed by atoms with Gasteiger partial charge in [-0.05, 0) is 56.8 Å². The monoisotopic (exact) mass is 418 g/mol. The summed E-state index contributed by atoms with van der Waals surface area (Å²) in [6, 6.07) is 0. The molecule has 0 aromatic heterocycles. The summed E-state index contributed by atoms with van der Waals surface area (Å²) in [6.45, 7) is 1.53. The third kappa shape index (κ3) is 7.80. The topological polar surface area (TPSA) is 158 Å². The first kappa shape index (κ1) is 24.0. The molecule has 0 radical (unpaired) electrons. The Balaban J connectivity index is 1.58. The molecule has 6 unspecified atom stereocenters. The number of carboxylic acid groups (broad SMARTS) is 1. The predicted octanol–water partition coefficient (Wildman–Crippen LogP) is 0.143. The maximum atomic E-state index is 12.3. The zero-order valence-corrected chi connectivity index (χ0v) is 16.7. The van der Waals surface area contributed by atoms with E-state index in [0.717, 1.165) is 6.42 Å². The molecule has 6 N–H and O–H groups in total. The van der Waals surface area contributed by atoms with Crippen LogP contribution >= 0.6 is 0 Å². The standard InChI is InChI=1S/C19H34N2O8/c22-14-3-2-12(13(8-14)11-29-27)10-28-21-7-1-6-20-18(24)16-5-4-15(23)9-17(16)19(25)26/h12-17,21-23,27H,1-11H2,(H,20,24)(H,25,26). The zero-order chi connectivity index (χ0) is 21.2. The number of carbonyl (C=O) groups excluding carboxylic acids is 1. The lowest BCUT2D eigenvalue weighted by Gasteiger charge is -2.33. The number of nitrogens with one attached hydrogen (secondary N) is 2. The van der Waals surface area contributed by atoms with Crippen molar-refractivity contribution in [3.05, 3.63) is 0 Å². The maximum absolute atomic E-state index is 12.3. The summed E-state index contributed by atoms with van der Waals surface area (Å²) >= 11 is 0. The molecule has 0 aromatic carbocycles. The minimum absolute atomic E-state index is 0.0426. The van der Waals surface area contributed by atoms with Gasteiger partial charge in [-0.1, -0.05) is 0 Å². The predicted molar refractivity (Wildman–Crippen MR) is 101 cm³/mol. The highest BCUT2D eigenvalue weighted by Crippen LogP contribution is 2.31. The summed E-state index contributed by atoms with van der Waals surface area (Å²) in [5, 5.41) is 40.1. The van der Waals surface area contributed by atoms with Gasteiger partial charge in [0, 0.05) is 13.1 Å². The smallest absolute Gasteiger partial charge is 0.307 e. The molecule has 0 bridgehead atoms. The minimum Gasteiger partial charge on any atom is -0.481 e. The Hall–Kier alpha value is -1.30. The van der Waals surface area contributed by atoms with Gasteiger partial charge < -0.3 is 25.5 Å². The molecule has 168 valence electrons. The number of hydrogen-bond donors (Lipinski definition) is 6. The second kappa shape index (κ2) is 12.4. The van der Waals surface area contributed by atoms with Crippen LogP contribution in [0, 0.1) is 23.7 Å². The van der Waals surface area contributed by atoms with Gasteiger partial charge in [0.15, 0.2) is 0 Å². The Morgan fingerprint density at radius 1 is 0.897 bits per heavy atom. The van der Waals surface area contributed by atoms with E-state index in [1.165, 1.54) is 0 Å². The fourth-order valence-corrected chi connectivity index (χ4v) is 4.30. The number of hydroxylamine groups is 1. The van der Waals surface area contributed by atoms with Crippen molar-refractivity contribution in [2.45, 2.75) is 57.2 Å². The molecule has 0 aromatic rings. The summed E-state index contributed by atoms with van der Waals surface area (Å²) in [4.78, 5) is 33.3. The van der Waals surface area contributed by atoms with E-state index in [4.69, 9.17) is 10.1 Å². The molecule has 0 saturated heterocycles. The van der Waals surface area contributed by atoms with Crippen LogP contribution in [-0.4, -0.2) is 71.0 Å². The maximum Gasteiger partial charge on any atom is 0.307 e. The zero-order valence-electron chi connectivity index (χ0n) is 16.7. The number of aliphatic hydroxyl groups excluding tert-OH is 2. The first-order valence-corrected chi connectivity index (χ1v) is 10.4. The third-order valence-corrected chi connectivity index (χ3v) is 6.03. The van der Waals surface area contributed by atoms with Crippen molar-refractivity contribution < 1.29 is 39.9 Å². The van der Waals surface area contributed by atoms with Gasteiger partial charge in [-0.15, -0.1) is 0 Å². The molecule has 1 amide bonds. The van der Waals surface area contributed by atoms with Crippen molar-refractivity contribution in [1.82, 2.24) is 10.8 Å². The first-order valence-electron chi connectivity index (χ1n) is 10.4. The molecule has 0 aliphatic heterocycles. The largest absolute Gasteiger partial charge is 0.481 e. The Kier molecular flexibility index (Phi) is 10.3. The van der Waals surface area contributed by atoms with Crippen molar-refractivity contribution in [2.24, 2.45) is 23.7 Å². The van der Waals surface area contributed by atoms with Crippen LogP contribution in [0.25, 0.3) is 0 Å². The average Bonchev–Trinajstić information content (AvgIpc) is 2.68. The van der Waals surface area contributed by atoms with Crippen molar-refractivity contribution in [1.29, 1.82) is 0 Å². The van der Waals surface area contributed by atoms with Crippen LogP contribution in [0.1, 0.15) is 44.9 Å². The van der Waals surface area contributed by atoms with Gasteiger partial charge in [-0.2, -0.15) is 0 Å². The molecule has 10 nitrogen and oxygen atoms in total. The molecule has 0 spiro atoms. The molecule has 2 rings (SSSR count). The lowest BCUT2D eigenvalue weighted by Crippen LogP contribution is -2.43. The van der Waals surface area contributed by atoms with E-state index in [-0.39, 0.29) is 36.9 Å². The Bertz CT molecular complexity index is 520. The quantitative estimate of drug-likeness (QED) is 0.156.